The molecule has 0 spiro atoms. The second-order valence-electron chi connectivity index (χ2n) is 9.61. The minimum Gasteiger partial charge on any atom is -0.507 e. The number of fused-ring (bicyclic) bond motifs is 2. The molecule has 1 unspecified atom stereocenters. The maximum absolute atomic E-state index is 10.5. The lowest BCUT2D eigenvalue weighted by atomic mass is 9.83. The van der Waals surface area contributed by atoms with Crippen molar-refractivity contribution in [2.45, 2.75) is 31.9 Å². The number of aromatic hydroxyl groups is 1. The number of anilines is 1. The Balaban J connectivity index is 1.59. The van der Waals surface area contributed by atoms with Crippen LogP contribution in [0.15, 0.2) is 48.8 Å². The molecule has 184 valence electrons. The number of pyridine rings is 1. The lowest BCUT2D eigenvalue weighted by Gasteiger charge is -2.35. The molecule has 0 radical (unpaired) electrons. The molecule has 5 rings (SSSR count). The molecule has 6 N–H and O–H groups in total. The van der Waals surface area contributed by atoms with Gasteiger partial charge in [0.1, 0.15) is 11.5 Å². The molecule has 35 heavy (non-hydrogen) atoms. The minimum absolute atomic E-state index is 0.144. The molecule has 4 aromatic rings. The lowest BCUT2D eigenvalue weighted by molar-refractivity contribution is -0.0307. The van der Waals surface area contributed by atoms with Crippen LogP contribution in [0.3, 0.4) is 0 Å². The molecule has 9 heteroatoms. The highest BCUT2D eigenvalue weighted by Gasteiger charge is 2.38. The fraction of sp³-hybridized carbons (Fsp3) is 0.385. The number of rotatable bonds is 7. The zero-order valence-electron chi connectivity index (χ0n) is 19.7. The Morgan fingerprint density at radius 3 is 2.66 bits per heavy atom. The van der Waals surface area contributed by atoms with Crippen molar-refractivity contribution in [3.63, 3.8) is 0 Å². The van der Waals surface area contributed by atoms with E-state index in [1.807, 2.05) is 24.3 Å². The van der Waals surface area contributed by atoms with Gasteiger partial charge in [-0.1, -0.05) is 6.92 Å². The molecule has 2 aromatic heterocycles. The van der Waals surface area contributed by atoms with Gasteiger partial charge in [0.05, 0.1) is 52.9 Å². The maximum Gasteiger partial charge on any atom is 0.150 e. The summed E-state index contributed by atoms with van der Waals surface area (Å²) in [4.78, 5) is 14.5. The summed E-state index contributed by atoms with van der Waals surface area (Å²) in [6, 6.07) is 12.8. The van der Waals surface area contributed by atoms with Gasteiger partial charge < -0.3 is 35.7 Å². The van der Waals surface area contributed by atoms with Crippen LogP contribution in [0.1, 0.15) is 31.6 Å². The molecule has 1 atom stereocenters. The predicted octanol–water partition coefficient (Wildman–Crippen LogP) is 2.86. The van der Waals surface area contributed by atoms with E-state index in [4.69, 9.17) is 15.5 Å². The van der Waals surface area contributed by atoms with E-state index in [1.165, 1.54) is 0 Å². The number of H-pyrrole nitrogens is 1. The van der Waals surface area contributed by atoms with Crippen LogP contribution in [0.5, 0.6) is 11.5 Å². The van der Waals surface area contributed by atoms with E-state index in [2.05, 4.69) is 14.9 Å². The van der Waals surface area contributed by atoms with Crippen LogP contribution < -0.4 is 15.4 Å². The Kier molecular flexibility index (Phi) is 6.22. The summed E-state index contributed by atoms with van der Waals surface area (Å²) in [7, 11) is 0. The maximum atomic E-state index is 10.5. The standard InChI is InChI=1S/C26H31N5O4/c1-26(13-32,14-33)25(35-17-2-4-19-21(12-17)29-15-28-19)20-5-3-18-23(34)7-6-22(24(18)30-20)31-10-8-16(27)9-11-31/h2-7,12,15-16,25,32-34H,8-11,13-14,27H2,1H3,(H,28,29). The van der Waals surface area contributed by atoms with Gasteiger partial charge in [0, 0.05) is 30.6 Å². The van der Waals surface area contributed by atoms with E-state index in [-0.39, 0.29) is 25.0 Å². The van der Waals surface area contributed by atoms with Gasteiger partial charge in [-0.25, -0.2) is 9.97 Å². The van der Waals surface area contributed by atoms with Gasteiger partial charge in [-0.05, 0) is 49.2 Å². The van der Waals surface area contributed by atoms with E-state index in [0.29, 0.717) is 22.3 Å². The van der Waals surface area contributed by atoms with Crippen LogP contribution in [-0.2, 0) is 0 Å². The highest BCUT2D eigenvalue weighted by atomic mass is 16.5. The zero-order valence-corrected chi connectivity index (χ0v) is 19.7. The van der Waals surface area contributed by atoms with E-state index < -0.39 is 11.5 Å². The molecule has 9 nitrogen and oxygen atoms in total. The molecule has 1 saturated heterocycles. The number of benzene rings is 2. The molecule has 1 aliphatic rings. The van der Waals surface area contributed by atoms with Crippen LogP contribution in [0.2, 0.25) is 0 Å². The molecule has 0 saturated carbocycles. The summed E-state index contributed by atoms with van der Waals surface area (Å²) < 4.78 is 6.38. The predicted molar refractivity (Wildman–Crippen MR) is 135 cm³/mol. The van der Waals surface area contributed by atoms with Gasteiger partial charge in [-0.2, -0.15) is 0 Å². The van der Waals surface area contributed by atoms with Crippen molar-refractivity contribution in [3.05, 3.63) is 54.5 Å². The number of nitrogens with two attached hydrogens (primary N) is 1. The number of hydrogen-bond donors (Lipinski definition) is 5. The number of nitrogens with zero attached hydrogens (tertiary/aromatic N) is 3. The first-order valence-corrected chi connectivity index (χ1v) is 11.9. The van der Waals surface area contributed by atoms with Crippen LogP contribution in [0.4, 0.5) is 5.69 Å². The molecule has 3 heterocycles. The number of aromatic amines is 1. The summed E-state index contributed by atoms with van der Waals surface area (Å²) in [5.74, 6) is 0.702. The SMILES string of the molecule is CC(CO)(CO)C(Oc1ccc2nc[nH]c2c1)c1ccc2c(O)ccc(N3CCC(N)CC3)c2n1. The Morgan fingerprint density at radius 2 is 1.91 bits per heavy atom. The number of imidazole rings is 1. The topological polar surface area (TPSA) is 141 Å². The van der Waals surface area contributed by atoms with Crippen molar-refractivity contribution in [1.29, 1.82) is 0 Å². The molecular weight excluding hydrogens is 446 g/mol. The number of phenolic OH excluding ortho intramolecular Hbond substituents is 1. The van der Waals surface area contributed by atoms with E-state index >= 15 is 0 Å². The van der Waals surface area contributed by atoms with E-state index in [0.717, 1.165) is 42.7 Å². The Labute approximate surface area is 203 Å². The highest BCUT2D eigenvalue weighted by molar-refractivity contribution is 5.95. The third kappa shape index (κ3) is 4.38. The van der Waals surface area contributed by atoms with Gasteiger partial charge >= 0.3 is 0 Å². The number of phenols is 1. The highest BCUT2D eigenvalue weighted by Crippen LogP contribution is 2.40. The van der Waals surface area contributed by atoms with Crippen molar-refractivity contribution < 1.29 is 20.1 Å². The first kappa shape index (κ1) is 23.3. The van der Waals surface area contributed by atoms with Gasteiger partial charge in [-0.3, -0.25) is 0 Å². The zero-order chi connectivity index (χ0) is 24.6. The first-order chi connectivity index (χ1) is 16.9. The average Bonchev–Trinajstić information content (AvgIpc) is 3.35. The number of aliphatic hydroxyl groups is 2. The molecule has 1 fully saturated rings. The fourth-order valence-corrected chi connectivity index (χ4v) is 4.64. The van der Waals surface area contributed by atoms with E-state index in [1.54, 1.807) is 31.5 Å². The smallest absolute Gasteiger partial charge is 0.150 e. The third-order valence-electron chi connectivity index (χ3n) is 6.98. The van der Waals surface area contributed by atoms with Crippen molar-refractivity contribution >= 4 is 27.6 Å². The largest absolute Gasteiger partial charge is 0.507 e. The van der Waals surface area contributed by atoms with Gasteiger partial charge in [0.15, 0.2) is 6.10 Å². The molecular formula is C26H31N5O4. The van der Waals surface area contributed by atoms with Crippen molar-refractivity contribution in [1.82, 2.24) is 15.0 Å². The summed E-state index contributed by atoms with van der Waals surface area (Å²) in [6.07, 6.45) is 2.63. The van der Waals surface area contributed by atoms with Crippen molar-refractivity contribution in [2.24, 2.45) is 11.1 Å². The third-order valence-corrected chi connectivity index (χ3v) is 6.98. The average molecular weight is 478 g/mol. The molecule has 1 aliphatic heterocycles. The minimum atomic E-state index is -1.02. The number of aliphatic hydroxyl groups excluding tert-OH is 2. The Bertz CT molecular complexity index is 1330. The molecule has 0 amide bonds. The molecule has 0 aliphatic carbocycles. The normalized spacial score (nSPS) is 16.2. The summed E-state index contributed by atoms with van der Waals surface area (Å²) in [5.41, 5.74) is 8.83. The number of nitrogens with one attached hydrogen (secondary N) is 1. The number of aromatic nitrogens is 3. The van der Waals surface area contributed by atoms with Gasteiger partial charge in [0.25, 0.3) is 0 Å². The summed E-state index contributed by atoms with van der Waals surface area (Å²) in [6.45, 7) is 2.76. The molecule has 0 bridgehead atoms. The number of piperidine rings is 1. The lowest BCUT2D eigenvalue weighted by Crippen LogP contribution is -2.40. The fourth-order valence-electron chi connectivity index (χ4n) is 4.64. The van der Waals surface area contributed by atoms with Crippen molar-refractivity contribution in [3.8, 4) is 11.5 Å². The number of ether oxygens (including phenoxy) is 1. The van der Waals surface area contributed by atoms with Crippen LogP contribution >= 0.6 is 0 Å². The van der Waals surface area contributed by atoms with E-state index in [9.17, 15) is 15.3 Å². The van der Waals surface area contributed by atoms with Gasteiger partial charge in [-0.15, -0.1) is 0 Å². The second-order valence-corrected chi connectivity index (χ2v) is 9.61. The Morgan fingerprint density at radius 1 is 1.14 bits per heavy atom. The van der Waals surface area contributed by atoms with Crippen LogP contribution in [0.25, 0.3) is 21.9 Å². The van der Waals surface area contributed by atoms with Crippen LogP contribution in [-0.4, -0.2) is 62.6 Å². The summed E-state index contributed by atoms with van der Waals surface area (Å²) >= 11 is 0. The monoisotopic (exact) mass is 477 g/mol. The Hall–Kier alpha value is -3.40. The van der Waals surface area contributed by atoms with Crippen molar-refractivity contribution in [2.75, 3.05) is 31.2 Å². The molecule has 2 aromatic carbocycles. The quantitative estimate of drug-likeness (QED) is 0.274. The first-order valence-electron chi connectivity index (χ1n) is 11.9. The second kappa shape index (κ2) is 9.33. The van der Waals surface area contributed by atoms with Crippen LogP contribution in [0, 0.1) is 5.41 Å². The van der Waals surface area contributed by atoms with Gasteiger partial charge in [0.2, 0.25) is 0 Å². The number of hydrogen-bond acceptors (Lipinski definition) is 8. The summed E-state index contributed by atoms with van der Waals surface area (Å²) in [5, 5.41) is 31.6.